The Morgan fingerprint density at radius 2 is 1.58 bits per heavy atom. The van der Waals surface area contributed by atoms with Gasteiger partial charge >= 0.3 is 0 Å². The zero-order valence-electron chi connectivity index (χ0n) is 28.7. The molecule has 3 N–H and O–H groups in total. The number of benzene rings is 4. The number of aromatic nitrogens is 1. The van der Waals surface area contributed by atoms with Crippen LogP contribution < -0.4 is 5.32 Å². The highest BCUT2D eigenvalue weighted by molar-refractivity contribution is 5.93. The summed E-state index contributed by atoms with van der Waals surface area (Å²) < 4.78 is 13.4. The second kappa shape index (κ2) is 16.3. The Labute approximate surface area is 294 Å². The summed E-state index contributed by atoms with van der Waals surface area (Å²) >= 11 is 0. The summed E-state index contributed by atoms with van der Waals surface area (Å²) in [6.07, 6.45) is 1.49. The number of nitrogens with one attached hydrogen (secondary N) is 1. The molecule has 0 saturated carbocycles. The number of likely N-dealkylation sites (N-methyl/N-ethyl adjacent to an activating group) is 1. The number of carbonyl (C=O) groups excluding carboxylic acids is 1. The molecule has 6 atom stereocenters. The van der Waals surface area contributed by atoms with E-state index in [-0.39, 0.29) is 36.7 Å². The average Bonchev–Trinajstić information content (AvgIpc) is 3.18. The molecule has 1 aliphatic heterocycles. The van der Waals surface area contributed by atoms with Gasteiger partial charge in [0.15, 0.2) is 6.29 Å². The molecule has 1 fully saturated rings. The van der Waals surface area contributed by atoms with Gasteiger partial charge in [-0.3, -0.25) is 14.7 Å². The van der Waals surface area contributed by atoms with E-state index in [4.69, 9.17) is 9.47 Å². The molecule has 4 aromatic carbocycles. The standard InChI is InChI=1S/C42H45N3O5/c1-28-38(26-45(3)29(2)39(47)32-10-5-4-6-11-32)49-42(50-40(28)33-17-15-30(27-46)16-18-33)34-21-19-31(20-22-34)37-14-8-7-12-35(37)25-44-41(48)36-13-9-23-43-24-36/h4-24,28-29,38-40,42,46-47H,25-27H2,1-3H3,(H,44,48). The van der Waals surface area contributed by atoms with E-state index >= 15 is 0 Å². The van der Waals surface area contributed by atoms with Crippen LogP contribution in [0.4, 0.5) is 0 Å². The molecule has 5 aromatic rings. The molecular formula is C42H45N3O5. The number of rotatable bonds is 12. The van der Waals surface area contributed by atoms with E-state index in [1.165, 1.54) is 0 Å². The van der Waals surface area contributed by atoms with Crippen LogP contribution in [0.25, 0.3) is 11.1 Å². The molecular weight excluding hydrogens is 626 g/mol. The van der Waals surface area contributed by atoms with Gasteiger partial charge in [0.1, 0.15) is 0 Å². The minimum Gasteiger partial charge on any atom is -0.392 e. The van der Waals surface area contributed by atoms with Crippen LogP contribution in [0.15, 0.2) is 128 Å². The quantitative estimate of drug-likeness (QED) is 0.131. The van der Waals surface area contributed by atoms with Crippen molar-refractivity contribution in [1.29, 1.82) is 0 Å². The van der Waals surface area contributed by atoms with Gasteiger partial charge in [-0.15, -0.1) is 0 Å². The monoisotopic (exact) mass is 671 g/mol. The normalized spacial score (nSPS) is 20.3. The molecule has 0 aliphatic carbocycles. The van der Waals surface area contributed by atoms with Crippen LogP contribution >= 0.6 is 0 Å². The average molecular weight is 672 g/mol. The van der Waals surface area contributed by atoms with E-state index in [1.807, 2.05) is 98.9 Å². The lowest BCUT2D eigenvalue weighted by atomic mass is 9.89. The zero-order valence-corrected chi connectivity index (χ0v) is 28.7. The summed E-state index contributed by atoms with van der Waals surface area (Å²) in [7, 11) is 2.02. The molecule has 6 rings (SSSR count). The smallest absolute Gasteiger partial charge is 0.253 e. The van der Waals surface area contributed by atoms with Crippen LogP contribution in [0.2, 0.25) is 0 Å². The van der Waals surface area contributed by atoms with Crippen molar-refractivity contribution in [2.75, 3.05) is 13.6 Å². The van der Waals surface area contributed by atoms with Crippen molar-refractivity contribution in [1.82, 2.24) is 15.2 Å². The Bertz CT molecular complexity index is 1820. The number of ether oxygens (including phenoxy) is 2. The molecule has 6 unspecified atom stereocenters. The molecule has 2 heterocycles. The van der Waals surface area contributed by atoms with E-state index in [2.05, 4.69) is 40.3 Å². The lowest BCUT2D eigenvalue weighted by molar-refractivity contribution is -0.276. The molecule has 8 nitrogen and oxygen atoms in total. The first kappa shape index (κ1) is 35.1. The molecule has 0 bridgehead atoms. The van der Waals surface area contributed by atoms with E-state index < -0.39 is 12.4 Å². The van der Waals surface area contributed by atoms with Gasteiger partial charge in [0.2, 0.25) is 0 Å². The van der Waals surface area contributed by atoms with Gasteiger partial charge in [-0.05, 0) is 59.5 Å². The van der Waals surface area contributed by atoms with E-state index in [0.29, 0.717) is 18.7 Å². The third-order valence-corrected chi connectivity index (χ3v) is 9.76. The van der Waals surface area contributed by atoms with Gasteiger partial charge in [-0.1, -0.05) is 110 Å². The summed E-state index contributed by atoms with van der Waals surface area (Å²) in [6.45, 7) is 5.12. The third kappa shape index (κ3) is 8.18. The molecule has 8 heteroatoms. The van der Waals surface area contributed by atoms with Crippen molar-refractivity contribution >= 4 is 5.91 Å². The molecule has 1 aliphatic rings. The van der Waals surface area contributed by atoms with E-state index in [0.717, 1.165) is 38.9 Å². The highest BCUT2D eigenvalue weighted by atomic mass is 16.7. The Morgan fingerprint density at radius 3 is 2.28 bits per heavy atom. The topological polar surface area (TPSA) is 104 Å². The number of carbonyl (C=O) groups is 1. The van der Waals surface area contributed by atoms with Gasteiger partial charge in [0, 0.05) is 43.0 Å². The predicted molar refractivity (Wildman–Crippen MR) is 194 cm³/mol. The zero-order chi connectivity index (χ0) is 35.0. The molecule has 1 saturated heterocycles. The molecule has 0 spiro atoms. The van der Waals surface area contributed by atoms with Gasteiger partial charge in [-0.2, -0.15) is 0 Å². The van der Waals surface area contributed by atoms with Gasteiger partial charge in [0.05, 0.1) is 30.5 Å². The van der Waals surface area contributed by atoms with Crippen molar-refractivity contribution < 1.29 is 24.5 Å². The fourth-order valence-corrected chi connectivity index (χ4v) is 6.50. The highest BCUT2D eigenvalue weighted by Crippen LogP contribution is 2.42. The second-order valence-corrected chi connectivity index (χ2v) is 13.1. The van der Waals surface area contributed by atoms with Crippen LogP contribution in [0.3, 0.4) is 0 Å². The van der Waals surface area contributed by atoms with Crippen molar-refractivity contribution in [3.63, 3.8) is 0 Å². The maximum absolute atomic E-state index is 12.7. The minimum atomic E-state index is -0.645. The maximum Gasteiger partial charge on any atom is 0.253 e. The van der Waals surface area contributed by atoms with Gasteiger partial charge in [-0.25, -0.2) is 0 Å². The summed E-state index contributed by atoms with van der Waals surface area (Å²) in [5.41, 5.74) is 7.19. The summed E-state index contributed by atoms with van der Waals surface area (Å²) in [6, 6.07) is 37.2. The fourth-order valence-electron chi connectivity index (χ4n) is 6.50. The lowest BCUT2D eigenvalue weighted by Crippen LogP contribution is -2.46. The number of pyridine rings is 1. The Morgan fingerprint density at radius 1 is 0.880 bits per heavy atom. The van der Waals surface area contributed by atoms with Crippen LogP contribution in [-0.4, -0.2) is 51.7 Å². The molecule has 1 amide bonds. The van der Waals surface area contributed by atoms with Crippen molar-refractivity contribution in [3.05, 3.63) is 161 Å². The van der Waals surface area contributed by atoms with Crippen LogP contribution in [0.5, 0.6) is 0 Å². The van der Waals surface area contributed by atoms with Crippen molar-refractivity contribution in [3.8, 4) is 11.1 Å². The molecule has 50 heavy (non-hydrogen) atoms. The SMILES string of the molecule is CC1C(CN(C)C(C)C(O)c2ccccc2)OC(c2ccc(-c3ccccc3CNC(=O)c3cccnc3)cc2)OC1c1ccc(CO)cc1. The highest BCUT2D eigenvalue weighted by Gasteiger charge is 2.39. The maximum atomic E-state index is 12.7. The van der Waals surface area contributed by atoms with Crippen LogP contribution in [0, 0.1) is 5.92 Å². The first-order valence-electron chi connectivity index (χ1n) is 17.1. The second-order valence-electron chi connectivity index (χ2n) is 13.1. The number of hydrogen-bond donors (Lipinski definition) is 3. The number of amides is 1. The Balaban J connectivity index is 1.21. The van der Waals surface area contributed by atoms with E-state index in [9.17, 15) is 15.0 Å². The first-order chi connectivity index (χ1) is 24.3. The largest absolute Gasteiger partial charge is 0.392 e. The van der Waals surface area contributed by atoms with Crippen LogP contribution in [-0.2, 0) is 22.6 Å². The van der Waals surface area contributed by atoms with Crippen LogP contribution in [0.1, 0.15) is 70.5 Å². The molecule has 1 aromatic heterocycles. The minimum absolute atomic E-state index is 0.00257. The van der Waals surface area contributed by atoms with Gasteiger partial charge in [0.25, 0.3) is 5.91 Å². The number of aliphatic hydroxyl groups excluding tert-OH is 2. The summed E-state index contributed by atoms with van der Waals surface area (Å²) in [4.78, 5) is 18.9. The predicted octanol–water partition coefficient (Wildman–Crippen LogP) is 7.02. The number of nitrogens with zero attached hydrogens (tertiary/aromatic N) is 2. The van der Waals surface area contributed by atoms with E-state index in [1.54, 1.807) is 24.5 Å². The Kier molecular flexibility index (Phi) is 11.5. The first-order valence-corrected chi connectivity index (χ1v) is 17.1. The summed E-state index contributed by atoms with van der Waals surface area (Å²) in [5, 5.41) is 23.8. The van der Waals surface area contributed by atoms with Gasteiger partial charge < -0.3 is 25.0 Å². The summed E-state index contributed by atoms with van der Waals surface area (Å²) in [5.74, 6) is -0.170. The lowest BCUT2D eigenvalue weighted by Gasteiger charge is -2.43. The van der Waals surface area contributed by atoms with Crippen molar-refractivity contribution in [2.45, 2.75) is 57.6 Å². The third-order valence-electron chi connectivity index (χ3n) is 9.76. The number of aliphatic hydroxyl groups is 2. The number of hydrogen-bond acceptors (Lipinski definition) is 7. The fraction of sp³-hybridized carbons (Fsp3) is 0.286. The molecule has 258 valence electrons. The van der Waals surface area contributed by atoms with Crippen molar-refractivity contribution in [2.24, 2.45) is 5.92 Å². The Hall–Kier alpha value is -4.70. The molecule has 0 radical (unpaired) electrons.